The first-order valence-corrected chi connectivity index (χ1v) is 10.8. The van der Waals surface area contributed by atoms with Crippen LogP contribution in [0, 0.1) is 0 Å². The lowest BCUT2D eigenvalue weighted by molar-refractivity contribution is -0.131. The Hall–Kier alpha value is -2.61. The molecular weight excluding hydrogens is 390 g/mol. The number of para-hydroxylation sites is 2. The summed E-state index contributed by atoms with van der Waals surface area (Å²) < 4.78 is 10.9. The number of ether oxygens (including phenoxy) is 1. The van der Waals surface area contributed by atoms with Crippen LogP contribution in [0.15, 0.2) is 47.1 Å². The summed E-state index contributed by atoms with van der Waals surface area (Å²) in [7, 11) is 1.59. The Morgan fingerprint density at radius 2 is 2.03 bits per heavy atom. The van der Waals surface area contributed by atoms with Gasteiger partial charge in [-0.25, -0.2) is 4.79 Å². The van der Waals surface area contributed by atoms with Crippen molar-refractivity contribution >= 4 is 29.4 Å². The van der Waals surface area contributed by atoms with Gasteiger partial charge in [0.1, 0.15) is 18.1 Å². The number of nitrogens with zero attached hydrogens (tertiary/aromatic N) is 3. The average Bonchev–Trinajstić information content (AvgIpc) is 3.32. The highest BCUT2D eigenvalue weighted by molar-refractivity contribution is 7.99. The summed E-state index contributed by atoms with van der Waals surface area (Å²) >= 11 is 1.82. The maximum Gasteiger partial charge on any atom is 0.325 e. The molecule has 2 aliphatic rings. The topological polar surface area (TPSA) is 66.2 Å². The molecule has 2 aliphatic heterocycles. The first-order valence-electron chi connectivity index (χ1n) is 9.79. The van der Waals surface area contributed by atoms with Gasteiger partial charge in [0.25, 0.3) is 0 Å². The van der Waals surface area contributed by atoms with Gasteiger partial charge in [-0.15, -0.1) is 11.8 Å². The molecule has 0 N–H and O–H groups in total. The molecule has 2 saturated heterocycles. The van der Waals surface area contributed by atoms with Crippen molar-refractivity contribution in [1.82, 2.24) is 9.80 Å². The van der Waals surface area contributed by atoms with Crippen LogP contribution in [0.1, 0.15) is 17.4 Å². The van der Waals surface area contributed by atoms with Crippen LogP contribution in [0.4, 0.5) is 10.5 Å². The van der Waals surface area contributed by atoms with E-state index in [1.54, 1.807) is 23.2 Å². The molecule has 0 saturated carbocycles. The third-order valence-corrected chi connectivity index (χ3v) is 6.64. The third-order valence-electron chi connectivity index (χ3n) is 5.35. The van der Waals surface area contributed by atoms with E-state index < -0.39 is 0 Å². The van der Waals surface area contributed by atoms with Crippen LogP contribution < -0.4 is 9.64 Å². The van der Waals surface area contributed by atoms with Gasteiger partial charge in [0.05, 0.1) is 24.3 Å². The Morgan fingerprint density at radius 3 is 2.83 bits per heavy atom. The van der Waals surface area contributed by atoms with Gasteiger partial charge in [-0.2, -0.15) is 0 Å². The van der Waals surface area contributed by atoms with Crippen LogP contribution in [0.25, 0.3) is 0 Å². The molecular formula is C21H25N3O4S. The molecule has 3 amide bonds. The Labute approximate surface area is 174 Å². The molecule has 2 aromatic rings. The summed E-state index contributed by atoms with van der Waals surface area (Å²) in [4.78, 5) is 30.9. The van der Waals surface area contributed by atoms with Crippen molar-refractivity contribution in [2.24, 2.45) is 0 Å². The van der Waals surface area contributed by atoms with E-state index in [4.69, 9.17) is 9.15 Å². The number of urea groups is 1. The number of benzene rings is 1. The van der Waals surface area contributed by atoms with Crippen molar-refractivity contribution in [2.45, 2.75) is 11.7 Å². The van der Waals surface area contributed by atoms with E-state index >= 15 is 0 Å². The Morgan fingerprint density at radius 1 is 1.17 bits per heavy atom. The van der Waals surface area contributed by atoms with Gasteiger partial charge < -0.3 is 19.0 Å². The normalized spacial score (nSPS) is 20.1. The van der Waals surface area contributed by atoms with Crippen molar-refractivity contribution in [2.75, 3.05) is 50.5 Å². The summed E-state index contributed by atoms with van der Waals surface area (Å²) in [5.41, 5.74) is 0.738. The van der Waals surface area contributed by atoms with Gasteiger partial charge in [-0.3, -0.25) is 9.69 Å². The van der Waals surface area contributed by atoms with Crippen LogP contribution in [-0.4, -0.2) is 67.3 Å². The van der Waals surface area contributed by atoms with E-state index in [-0.39, 0.29) is 23.7 Å². The summed E-state index contributed by atoms with van der Waals surface area (Å²) in [6.45, 7) is 2.55. The molecule has 4 rings (SSSR count). The van der Waals surface area contributed by atoms with Crippen LogP contribution in [-0.2, 0) is 4.79 Å². The number of thioether (sulfide) groups is 1. The van der Waals surface area contributed by atoms with Crippen molar-refractivity contribution in [3.63, 3.8) is 0 Å². The maximum absolute atomic E-state index is 12.9. The van der Waals surface area contributed by atoms with E-state index in [9.17, 15) is 9.59 Å². The number of methoxy groups -OCH3 is 1. The number of carbonyl (C=O) groups excluding carboxylic acids is 2. The summed E-state index contributed by atoms with van der Waals surface area (Å²) in [6.07, 6.45) is 2.54. The van der Waals surface area contributed by atoms with Crippen LogP contribution in [0.3, 0.4) is 0 Å². The van der Waals surface area contributed by atoms with Crippen molar-refractivity contribution < 1.29 is 18.7 Å². The molecule has 154 valence electrons. The molecule has 2 fully saturated rings. The van der Waals surface area contributed by atoms with Crippen LogP contribution >= 0.6 is 11.8 Å². The zero-order valence-corrected chi connectivity index (χ0v) is 17.3. The van der Waals surface area contributed by atoms with Gasteiger partial charge in [0.2, 0.25) is 5.91 Å². The number of hydrogen-bond donors (Lipinski definition) is 0. The van der Waals surface area contributed by atoms with Crippen molar-refractivity contribution in [3.8, 4) is 5.75 Å². The average molecular weight is 416 g/mol. The second kappa shape index (κ2) is 8.82. The lowest BCUT2D eigenvalue weighted by Crippen LogP contribution is -2.43. The Kier molecular flexibility index (Phi) is 5.99. The van der Waals surface area contributed by atoms with Gasteiger partial charge >= 0.3 is 6.03 Å². The fraction of sp³-hybridized carbons (Fsp3) is 0.429. The highest BCUT2D eigenvalue weighted by Gasteiger charge is 2.33. The molecule has 1 aromatic heterocycles. The number of hydrogen-bond acceptors (Lipinski definition) is 5. The zero-order valence-electron chi connectivity index (χ0n) is 16.5. The van der Waals surface area contributed by atoms with Gasteiger partial charge in [0, 0.05) is 31.9 Å². The zero-order chi connectivity index (χ0) is 20.2. The SMILES string of the molecule is COc1ccccc1N1CCN(CC(=O)N2CCS[C@H](c3ccco3)CC2)C1=O. The first-order chi connectivity index (χ1) is 14.2. The maximum atomic E-state index is 12.9. The van der Waals surface area contributed by atoms with Crippen LogP contribution in [0.5, 0.6) is 5.75 Å². The van der Waals surface area contributed by atoms with Gasteiger partial charge in [-0.1, -0.05) is 12.1 Å². The van der Waals surface area contributed by atoms with Gasteiger partial charge in [0.15, 0.2) is 0 Å². The van der Waals surface area contributed by atoms with Crippen molar-refractivity contribution in [3.05, 3.63) is 48.4 Å². The minimum absolute atomic E-state index is 0.000853. The molecule has 0 radical (unpaired) electrons. The van der Waals surface area contributed by atoms with Gasteiger partial charge in [-0.05, 0) is 30.7 Å². The lowest BCUT2D eigenvalue weighted by atomic mass is 10.2. The summed E-state index contributed by atoms with van der Waals surface area (Å²) in [6, 6.07) is 11.2. The Bertz CT molecular complexity index is 857. The third kappa shape index (κ3) is 4.22. The molecule has 0 bridgehead atoms. The number of carbonyl (C=O) groups is 2. The minimum Gasteiger partial charge on any atom is -0.495 e. The molecule has 1 atom stereocenters. The predicted octanol–water partition coefficient (Wildman–Crippen LogP) is 3.24. The molecule has 8 heteroatoms. The molecule has 1 aromatic carbocycles. The van der Waals surface area contributed by atoms with Crippen LogP contribution in [0.2, 0.25) is 0 Å². The second-order valence-electron chi connectivity index (χ2n) is 7.07. The quantitative estimate of drug-likeness (QED) is 0.750. The molecule has 29 heavy (non-hydrogen) atoms. The Balaban J connectivity index is 1.36. The summed E-state index contributed by atoms with van der Waals surface area (Å²) in [5, 5.41) is 0.275. The lowest BCUT2D eigenvalue weighted by Gasteiger charge is -2.24. The summed E-state index contributed by atoms with van der Waals surface area (Å²) in [5.74, 6) is 2.48. The standard InChI is InChI=1S/C21H25N3O4S/c1-27-17-6-3-2-5-16(17)24-11-10-23(21(24)26)15-20(25)22-9-8-19(29-14-12-22)18-7-4-13-28-18/h2-7,13,19H,8-12,14-15H2,1H3/t19-/m0/s1. The van der Waals surface area contributed by atoms with E-state index in [0.29, 0.717) is 31.9 Å². The van der Waals surface area contributed by atoms with Crippen molar-refractivity contribution in [1.29, 1.82) is 0 Å². The predicted molar refractivity (Wildman–Crippen MR) is 112 cm³/mol. The largest absolute Gasteiger partial charge is 0.495 e. The molecule has 0 spiro atoms. The molecule has 7 nitrogen and oxygen atoms in total. The molecule has 0 unspecified atom stereocenters. The van der Waals surface area contributed by atoms with E-state index in [1.165, 1.54) is 0 Å². The first kappa shape index (κ1) is 19.7. The number of rotatable bonds is 5. The molecule has 0 aliphatic carbocycles. The smallest absolute Gasteiger partial charge is 0.325 e. The van der Waals surface area contributed by atoms with E-state index in [2.05, 4.69) is 0 Å². The van der Waals surface area contributed by atoms with E-state index in [0.717, 1.165) is 23.6 Å². The monoisotopic (exact) mass is 415 g/mol. The molecule has 3 heterocycles. The highest BCUT2D eigenvalue weighted by atomic mass is 32.2. The minimum atomic E-state index is -0.152. The highest BCUT2D eigenvalue weighted by Crippen LogP contribution is 2.35. The number of anilines is 1. The second-order valence-corrected chi connectivity index (χ2v) is 8.38. The fourth-order valence-corrected chi connectivity index (χ4v) is 4.97. The van der Waals surface area contributed by atoms with E-state index in [1.807, 2.05) is 53.1 Å². The number of amides is 3. The fourth-order valence-electron chi connectivity index (χ4n) is 3.79. The number of furan rings is 1.